The van der Waals surface area contributed by atoms with Crippen LogP contribution in [0.15, 0.2) is 206 Å². The number of rotatable bonds is 6. The summed E-state index contributed by atoms with van der Waals surface area (Å²) in [5, 5.41) is 0. The zero-order valence-corrected chi connectivity index (χ0v) is 29.4. The molecule has 0 spiro atoms. The fraction of sp³-hybridized carbons (Fsp3) is 0.0784. The third-order valence-electron chi connectivity index (χ3n) is 11.2. The van der Waals surface area contributed by atoms with Gasteiger partial charge in [0.2, 0.25) is 0 Å². The Morgan fingerprint density at radius 2 is 1.25 bits per heavy atom. The van der Waals surface area contributed by atoms with Crippen LogP contribution in [-0.2, 0) is 0 Å². The van der Waals surface area contributed by atoms with Crippen molar-refractivity contribution < 1.29 is 0 Å². The van der Waals surface area contributed by atoms with Crippen LogP contribution in [0.5, 0.6) is 0 Å². The molecule has 53 heavy (non-hydrogen) atoms. The van der Waals surface area contributed by atoms with Gasteiger partial charge < -0.3 is 0 Å². The molecule has 7 aromatic rings. The first kappa shape index (κ1) is 31.2. The SMILES string of the molecule is C1=CCC(c2ccccc2C2=C3C=CC=CC3C(c3ccc4c(c3)nc(-c3cccc(-c5ccccc5)c3)n4-c3ccccc3)c3ccccc32)C=C1. The lowest BCUT2D eigenvalue weighted by Gasteiger charge is -2.37. The number of hydrogen-bond donors (Lipinski definition) is 0. The van der Waals surface area contributed by atoms with Crippen LogP contribution in [0.3, 0.4) is 0 Å². The lowest BCUT2D eigenvalue weighted by Crippen LogP contribution is -2.23. The van der Waals surface area contributed by atoms with Crippen LogP contribution in [0.2, 0.25) is 0 Å². The van der Waals surface area contributed by atoms with E-state index in [1.807, 2.05) is 0 Å². The highest BCUT2D eigenvalue weighted by molar-refractivity contribution is 5.91. The van der Waals surface area contributed by atoms with Gasteiger partial charge >= 0.3 is 0 Å². The number of allylic oxidation sites excluding steroid dienone is 9. The lowest BCUT2D eigenvalue weighted by molar-refractivity contribution is 0.649. The van der Waals surface area contributed by atoms with Gasteiger partial charge in [-0.3, -0.25) is 4.57 Å². The fourth-order valence-electron chi connectivity index (χ4n) is 8.78. The number of fused-ring (bicyclic) bond motifs is 3. The Kier molecular flexibility index (Phi) is 7.80. The van der Waals surface area contributed by atoms with Gasteiger partial charge in [0.1, 0.15) is 5.82 Å². The van der Waals surface area contributed by atoms with Gasteiger partial charge in [-0.1, -0.05) is 170 Å². The maximum atomic E-state index is 5.44. The number of hydrogen-bond acceptors (Lipinski definition) is 1. The number of imidazole rings is 1. The molecule has 1 aromatic heterocycles. The molecule has 252 valence electrons. The van der Waals surface area contributed by atoms with Gasteiger partial charge in [0.15, 0.2) is 0 Å². The summed E-state index contributed by atoms with van der Waals surface area (Å²) in [6.07, 6.45) is 19.2. The van der Waals surface area contributed by atoms with Crippen LogP contribution in [-0.4, -0.2) is 9.55 Å². The summed E-state index contributed by atoms with van der Waals surface area (Å²) >= 11 is 0. The first-order chi connectivity index (χ1) is 26.3. The molecule has 0 bridgehead atoms. The molecule has 0 N–H and O–H groups in total. The Morgan fingerprint density at radius 3 is 2.06 bits per heavy atom. The molecular formula is C51H38N2. The van der Waals surface area contributed by atoms with E-state index in [1.54, 1.807) is 0 Å². The second kappa shape index (κ2) is 13.2. The van der Waals surface area contributed by atoms with Gasteiger partial charge in [-0.2, -0.15) is 0 Å². The normalized spacial score (nSPS) is 18.7. The molecule has 0 amide bonds. The molecule has 0 saturated heterocycles. The monoisotopic (exact) mass is 678 g/mol. The van der Waals surface area contributed by atoms with Crippen LogP contribution in [0.25, 0.3) is 44.8 Å². The molecule has 1 heterocycles. The van der Waals surface area contributed by atoms with Crippen molar-refractivity contribution in [3.63, 3.8) is 0 Å². The summed E-state index contributed by atoms with van der Waals surface area (Å²) in [6, 6.07) is 55.1. The van der Waals surface area contributed by atoms with Gasteiger partial charge in [0, 0.05) is 29.0 Å². The van der Waals surface area contributed by atoms with E-state index >= 15 is 0 Å². The van der Waals surface area contributed by atoms with E-state index in [9.17, 15) is 0 Å². The van der Waals surface area contributed by atoms with Crippen molar-refractivity contribution in [1.82, 2.24) is 9.55 Å². The molecular weight excluding hydrogens is 641 g/mol. The Hall–Kier alpha value is -6.51. The predicted molar refractivity (Wildman–Crippen MR) is 220 cm³/mol. The minimum atomic E-state index is 0.145. The zero-order chi connectivity index (χ0) is 35.1. The quantitative estimate of drug-likeness (QED) is 0.171. The molecule has 2 heteroatoms. The van der Waals surface area contributed by atoms with E-state index in [0.717, 1.165) is 34.5 Å². The Labute approximate surface area is 311 Å². The van der Waals surface area contributed by atoms with Gasteiger partial charge in [-0.25, -0.2) is 4.98 Å². The molecule has 3 aliphatic rings. The van der Waals surface area contributed by atoms with Crippen molar-refractivity contribution in [3.8, 4) is 28.2 Å². The predicted octanol–water partition coefficient (Wildman–Crippen LogP) is 12.6. The van der Waals surface area contributed by atoms with E-state index in [2.05, 4.69) is 205 Å². The van der Waals surface area contributed by atoms with Crippen molar-refractivity contribution in [2.45, 2.75) is 18.3 Å². The van der Waals surface area contributed by atoms with Gasteiger partial charge in [0.25, 0.3) is 0 Å². The smallest absolute Gasteiger partial charge is 0.145 e. The molecule has 3 unspecified atom stereocenters. The summed E-state index contributed by atoms with van der Waals surface area (Å²) in [5.74, 6) is 1.64. The van der Waals surface area contributed by atoms with E-state index < -0.39 is 0 Å². The largest absolute Gasteiger partial charge is 0.292 e. The zero-order valence-electron chi connectivity index (χ0n) is 29.4. The topological polar surface area (TPSA) is 17.8 Å². The third kappa shape index (κ3) is 5.46. The Bertz CT molecular complexity index is 2650. The molecule has 10 rings (SSSR count). The maximum absolute atomic E-state index is 5.44. The van der Waals surface area contributed by atoms with Crippen molar-refractivity contribution in [1.29, 1.82) is 0 Å². The van der Waals surface area contributed by atoms with Gasteiger partial charge in [-0.15, -0.1) is 0 Å². The molecule has 0 saturated carbocycles. The first-order valence-corrected chi connectivity index (χ1v) is 18.7. The summed E-state index contributed by atoms with van der Waals surface area (Å²) in [6.45, 7) is 0. The average Bonchev–Trinajstić information content (AvgIpc) is 3.63. The molecule has 0 radical (unpaired) electrons. The Morgan fingerprint density at radius 1 is 0.547 bits per heavy atom. The van der Waals surface area contributed by atoms with Crippen molar-refractivity contribution in [3.05, 3.63) is 234 Å². The summed E-state index contributed by atoms with van der Waals surface area (Å²) in [5.41, 5.74) is 16.1. The Balaban J connectivity index is 1.14. The van der Waals surface area contributed by atoms with Gasteiger partial charge in [-0.05, 0) is 86.8 Å². The highest BCUT2D eigenvalue weighted by Crippen LogP contribution is 2.51. The molecule has 3 aliphatic carbocycles. The number of benzene rings is 6. The van der Waals surface area contributed by atoms with E-state index in [1.165, 1.54) is 50.1 Å². The van der Waals surface area contributed by atoms with Crippen LogP contribution in [0.4, 0.5) is 0 Å². The fourth-order valence-corrected chi connectivity index (χ4v) is 8.78. The van der Waals surface area contributed by atoms with Crippen LogP contribution in [0, 0.1) is 5.92 Å². The standard InChI is InChI=1S/C51H38N2/c1-4-17-35(18-5-1)37-21-16-22-39(33-37)51-52-47-34-38(31-32-48(47)53(51)40-23-8-3-9-24-40)49-43-27-12-14-29-45(43)50(46-30-15-13-28-44(46)49)42-26-11-10-25-41(42)36-19-6-2-7-20-36/h1-19,21-34,36,43,49H,20H2. The maximum Gasteiger partial charge on any atom is 0.145 e. The second-order valence-corrected chi connectivity index (χ2v) is 14.2. The molecule has 2 nitrogen and oxygen atoms in total. The average molecular weight is 679 g/mol. The molecule has 3 atom stereocenters. The van der Waals surface area contributed by atoms with Crippen LogP contribution < -0.4 is 0 Å². The minimum absolute atomic E-state index is 0.145. The van der Waals surface area contributed by atoms with Crippen molar-refractivity contribution in [2.24, 2.45) is 5.92 Å². The van der Waals surface area contributed by atoms with Crippen LogP contribution >= 0.6 is 0 Å². The number of aromatic nitrogens is 2. The number of nitrogens with zero attached hydrogens (tertiary/aromatic N) is 2. The molecule has 6 aromatic carbocycles. The van der Waals surface area contributed by atoms with E-state index in [4.69, 9.17) is 4.98 Å². The first-order valence-electron chi connectivity index (χ1n) is 18.7. The minimum Gasteiger partial charge on any atom is -0.292 e. The summed E-state index contributed by atoms with van der Waals surface area (Å²) in [4.78, 5) is 5.44. The highest BCUT2D eigenvalue weighted by atomic mass is 15.1. The second-order valence-electron chi connectivity index (χ2n) is 14.2. The van der Waals surface area contributed by atoms with E-state index in [0.29, 0.717) is 5.92 Å². The summed E-state index contributed by atoms with van der Waals surface area (Å²) in [7, 11) is 0. The van der Waals surface area contributed by atoms with Crippen LogP contribution in [0.1, 0.15) is 46.1 Å². The lowest BCUT2D eigenvalue weighted by atomic mass is 9.66. The van der Waals surface area contributed by atoms with Crippen molar-refractivity contribution >= 4 is 16.6 Å². The summed E-state index contributed by atoms with van der Waals surface area (Å²) < 4.78 is 2.32. The van der Waals surface area contributed by atoms with Gasteiger partial charge in [0.05, 0.1) is 11.0 Å². The van der Waals surface area contributed by atoms with E-state index in [-0.39, 0.29) is 11.8 Å². The van der Waals surface area contributed by atoms with Crippen molar-refractivity contribution in [2.75, 3.05) is 0 Å². The molecule has 0 fully saturated rings. The highest BCUT2D eigenvalue weighted by Gasteiger charge is 2.36. The number of para-hydroxylation sites is 1. The third-order valence-corrected chi connectivity index (χ3v) is 11.2. The molecule has 0 aliphatic heterocycles.